The van der Waals surface area contributed by atoms with Gasteiger partial charge in [-0.25, -0.2) is 4.98 Å². The van der Waals surface area contributed by atoms with Gasteiger partial charge in [-0.2, -0.15) is 0 Å². The maximum atomic E-state index is 11.2. The zero-order chi connectivity index (χ0) is 14.8. The molecular formula is C14H15IN4O2. The van der Waals surface area contributed by atoms with Crippen LogP contribution in [0.5, 0.6) is 0 Å². The Morgan fingerprint density at radius 2 is 2.10 bits per heavy atom. The van der Waals surface area contributed by atoms with Gasteiger partial charge in [-0.3, -0.25) is 10.1 Å². The van der Waals surface area contributed by atoms with Crippen LogP contribution in [-0.2, 0) is 0 Å². The molecule has 0 amide bonds. The van der Waals surface area contributed by atoms with E-state index in [2.05, 4.69) is 37.0 Å². The van der Waals surface area contributed by atoms with Crippen molar-refractivity contribution >= 4 is 34.0 Å². The van der Waals surface area contributed by atoms with Gasteiger partial charge in [-0.1, -0.05) is 0 Å². The SMILES string of the molecule is O=[N+]([O-])c1cc(I)ccc1N1CCC(n2ccnc2)CC1. The molecule has 0 saturated carbocycles. The van der Waals surface area contributed by atoms with E-state index in [1.54, 1.807) is 12.3 Å². The summed E-state index contributed by atoms with van der Waals surface area (Å²) in [6, 6.07) is 5.85. The fourth-order valence-electron chi connectivity index (χ4n) is 2.80. The Kier molecular flexibility index (Phi) is 4.09. The lowest BCUT2D eigenvalue weighted by atomic mass is 10.0. The molecule has 1 aliphatic rings. The number of nitro groups is 1. The maximum absolute atomic E-state index is 11.2. The highest BCUT2D eigenvalue weighted by molar-refractivity contribution is 14.1. The number of piperidine rings is 1. The van der Waals surface area contributed by atoms with E-state index in [4.69, 9.17) is 0 Å². The minimum absolute atomic E-state index is 0.197. The van der Waals surface area contributed by atoms with E-state index in [-0.39, 0.29) is 10.6 Å². The summed E-state index contributed by atoms with van der Waals surface area (Å²) < 4.78 is 3.01. The van der Waals surface area contributed by atoms with Gasteiger partial charge in [0.1, 0.15) is 5.69 Å². The van der Waals surface area contributed by atoms with E-state index in [0.717, 1.165) is 35.2 Å². The first-order valence-corrected chi connectivity index (χ1v) is 7.89. The second-order valence-electron chi connectivity index (χ2n) is 5.12. The van der Waals surface area contributed by atoms with Crippen LogP contribution in [0, 0.1) is 13.7 Å². The predicted molar refractivity (Wildman–Crippen MR) is 88.5 cm³/mol. The van der Waals surface area contributed by atoms with Crippen LogP contribution in [0.15, 0.2) is 36.9 Å². The van der Waals surface area contributed by atoms with Crippen molar-refractivity contribution in [2.24, 2.45) is 0 Å². The third-order valence-corrected chi connectivity index (χ3v) is 4.56. The average molecular weight is 398 g/mol. The number of nitro benzene ring substituents is 1. The Hall–Kier alpha value is -1.64. The predicted octanol–water partition coefficient (Wildman–Crippen LogP) is 3.24. The zero-order valence-electron chi connectivity index (χ0n) is 11.4. The van der Waals surface area contributed by atoms with E-state index in [0.29, 0.717) is 6.04 Å². The number of hydrogen-bond donors (Lipinski definition) is 0. The van der Waals surface area contributed by atoms with E-state index in [1.165, 1.54) is 0 Å². The Balaban J connectivity index is 1.76. The molecule has 1 aromatic carbocycles. The summed E-state index contributed by atoms with van der Waals surface area (Å²) in [7, 11) is 0. The Morgan fingerprint density at radius 3 is 2.71 bits per heavy atom. The van der Waals surface area contributed by atoms with Gasteiger partial charge >= 0.3 is 0 Å². The van der Waals surface area contributed by atoms with Gasteiger partial charge < -0.3 is 9.47 Å². The molecule has 2 heterocycles. The lowest BCUT2D eigenvalue weighted by Gasteiger charge is -2.33. The maximum Gasteiger partial charge on any atom is 0.293 e. The molecule has 1 fully saturated rings. The third kappa shape index (κ3) is 3.02. The van der Waals surface area contributed by atoms with Crippen molar-refractivity contribution in [1.82, 2.24) is 9.55 Å². The fraction of sp³-hybridized carbons (Fsp3) is 0.357. The molecule has 6 nitrogen and oxygen atoms in total. The highest BCUT2D eigenvalue weighted by atomic mass is 127. The Morgan fingerprint density at radius 1 is 1.33 bits per heavy atom. The molecule has 0 unspecified atom stereocenters. The number of halogens is 1. The molecule has 3 rings (SSSR count). The van der Waals surface area contributed by atoms with Gasteiger partial charge in [0.25, 0.3) is 5.69 Å². The van der Waals surface area contributed by atoms with Gasteiger partial charge in [0.2, 0.25) is 0 Å². The zero-order valence-corrected chi connectivity index (χ0v) is 13.5. The summed E-state index contributed by atoms with van der Waals surface area (Å²) >= 11 is 2.10. The second-order valence-corrected chi connectivity index (χ2v) is 6.36. The van der Waals surface area contributed by atoms with E-state index < -0.39 is 0 Å². The molecule has 110 valence electrons. The summed E-state index contributed by atoms with van der Waals surface area (Å²) in [4.78, 5) is 17.1. The Bertz CT molecular complexity index is 636. The first-order valence-electron chi connectivity index (χ1n) is 6.81. The summed E-state index contributed by atoms with van der Waals surface area (Å²) in [5, 5.41) is 11.2. The van der Waals surface area contributed by atoms with Crippen molar-refractivity contribution in [3.63, 3.8) is 0 Å². The number of rotatable bonds is 3. The van der Waals surface area contributed by atoms with Gasteiger partial charge in [0.05, 0.1) is 11.3 Å². The van der Waals surface area contributed by atoms with Crippen molar-refractivity contribution in [1.29, 1.82) is 0 Å². The minimum atomic E-state index is -0.292. The molecule has 21 heavy (non-hydrogen) atoms. The molecule has 0 bridgehead atoms. The molecule has 0 atom stereocenters. The van der Waals surface area contributed by atoms with Gasteiger partial charge in [-0.05, 0) is 47.6 Å². The fourth-order valence-corrected chi connectivity index (χ4v) is 3.28. The largest absolute Gasteiger partial charge is 0.366 e. The number of anilines is 1. The topological polar surface area (TPSA) is 64.2 Å². The van der Waals surface area contributed by atoms with Crippen molar-refractivity contribution < 1.29 is 4.92 Å². The summed E-state index contributed by atoms with van der Waals surface area (Å²) in [5.41, 5.74) is 0.924. The van der Waals surface area contributed by atoms with Crippen molar-refractivity contribution in [2.75, 3.05) is 18.0 Å². The average Bonchev–Trinajstić information content (AvgIpc) is 3.01. The lowest BCUT2D eigenvalue weighted by Crippen LogP contribution is -2.34. The summed E-state index contributed by atoms with van der Waals surface area (Å²) in [6.45, 7) is 1.65. The van der Waals surface area contributed by atoms with E-state index in [1.807, 2.05) is 24.7 Å². The molecule has 2 aromatic rings. The highest BCUT2D eigenvalue weighted by Gasteiger charge is 2.25. The van der Waals surface area contributed by atoms with Crippen LogP contribution in [0.25, 0.3) is 0 Å². The monoisotopic (exact) mass is 398 g/mol. The lowest BCUT2D eigenvalue weighted by molar-refractivity contribution is -0.384. The van der Waals surface area contributed by atoms with E-state index in [9.17, 15) is 10.1 Å². The smallest absolute Gasteiger partial charge is 0.293 e. The molecule has 1 aromatic heterocycles. The molecule has 0 spiro atoms. The van der Waals surface area contributed by atoms with Crippen LogP contribution in [0.2, 0.25) is 0 Å². The minimum Gasteiger partial charge on any atom is -0.366 e. The number of nitrogens with zero attached hydrogens (tertiary/aromatic N) is 4. The molecule has 0 radical (unpaired) electrons. The molecular weight excluding hydrogens is 383 g/mol. The van der Waals surface area contributed by atoms with Crippen LogP contribution < -0.4 is 4.90 Å². The molecule has 7 heteroatoms. The van der Waals surface area contributed by atoms with Crippen molar-refractivity contribution in [2.45, 2.75) is 18.9 Å². The van der Waals surface area contributed by atoms with Crippen molar-refractivity contribution in [3.05, 3.63) is 50.6 Å². The summed E-state index contributed by atoms with van der Waals surface area (Å²) in [6.07, 6.45) is 7.55. The van der Waals surface area contributed by atoms with Crippen LogP contribution in [0.3, 0.4) is 0 Å². The molecule has 1 saturated heterocycles. The molecule has 0 N–H and O–H groups in total. The van der Waals surface area contributed by atoms with Gasteiger partial charge in [-0.15, -0.1) is 0 Å². The third-order valence-electron chi connectivity index (χ3n) is 3.89. The van der Waals surface area contributed by atoms with Crippen LogP contribution in [0.1, 0.15) is 18.9 Å². The summed E-state index contributed by atoms with van der Waals surface area (Å²) in [5.74, 6) is 0. The number of hydrogen-bond acceptors (Lipinski definition) is 4. The second kappa shape index (κ2) is 6.00. The normalized spacial score (nSPS) is 16.1. The molecule has 0 aliphatic carbocycles. The highest BCUT2D eigenvalue weighted by Crippen LogP contribution is 2.33. The van der Waals surface area contributed by atoms with Gasteiger partial charge in [0.15, 0.2) is 0 Å². The number of aromatic nitrogens is 2. The van der Waals surface area contributed by atoms with Crippen LogP contribution in [0.4, 0.5) is 11.4 Å². The van der Waals surface area contributed by atoms with Crippen molar-refractivity contribution in [3.8, 4) is 0 Å². The number of imidazole rings is 1. The Labute approximate surface area is 136 Å². The molecule has 1 aliphatic heterocycles. The van der Waals surface area contributed by atoms with Crippen LogP contribution >= 0.6 is 22.6 Å². The van der Waals surface area contributed by atoms with E-state index >= 15 is 0 Å². The number of benzene rings is 1. The van der Waals surface area contributed by atoms with Crippen LogP contribution in [-0.4, -0.2) is 27.6 Å². The van der Waals surface area contributed by atoms with Gasteiger partial charge in [0, 0.05) is 41.2 Å². The quantitative estimate of drug-likeness (QED) is 0.453. The standard InChI is InChI=1S/C14H15IN4O2/c15-11-1-2-13(14(9-11)19(20)21)17-6-3-12(4-7-17)18-8-5-16-10-18/h1-2,5,8-10,12H,3-4,6-7H2. The first-order chi connectivity index (χ1) is 10.1. The first kappa shape index (κ1) is 14.3.